The number of pyridine rings is 3. The number of imidazole rings is 1. The molecule has 8 heteroatoms. The van der Waals surface area contributed by atoms with Gasteiger partial charge in [-0.3, -0.25) is 15.1 Å². The molecule has 0 unspecified atom stereocenters. The van der Waals surface area contributed by atoms with Crippen molar-refractivity contribution in [3.63, 3.8) is 0 Å². The van der Waals surface area contributed by atoms with E-state index in [4.69, 9.17) is 4.98 Å². The zero-order valence-corrected chi connectivity index (χ0v) is 16.0. The van der Waals surface area contributed by atoms with Gasteiger partial charge < -0.3 is 4.98 Å². The average Bonchev–Trinajstić information content (AvgIpc) is 3.44. The minimum absolute atomic E-state index is 0.324. The van der Waals surface area contributed by atoms with Crippen LogP contribution in [0.4, 0.5) is 4.39 Å². The third kappa shape index (κ3) is 2.84. The summed E-state index contributed by atoms with van der Waals surface area (Å²) in [5, 5.41) is 7.77. The molecule has 0 amide bonds. The van der Waals surface area contributed by atoms with Crippen molar-refractivity contribution in [2.24, 2.45) is 0 Å². The maximum atomic E-state index is 14.8. The van der Waals surface area contributed by atoms with E-state index in [-0.39, 0.29) is 5.82 Å². The van der Waals surface area contributed by atoms with Crippen LogP contribution < -0.4 is 0 Å². The molecule has 6 aromatic rings. The predicted molar refractivity (Wildman–Crippen MR) is 115 cm³/mol. The van der Waals surface area contributed by atoms with Crippen molar-refractivity contribution >= 4 is 22.1 Å². The summed E-state index contributed by atoms with van der Waals surface area (Å²) in [5.74, 6) is 0.125. The molecule has 0 spiro atoms. The minimum atomic E-state index is -0.387. The molecule has 148 valence electrons. The number of H-pyrrole nitrogens is 2. The largest absolute Gasteiger partial charge is 0.321 e. The molecule has 6 rings (SSSR count). The molecule has 1 aromatic carbocycles. The minimum Gasteiger partial charge on any atom is -0.321 e. The summed E-state index contributed by atoms with van der Waals surface area (Å²) < 4.78 is 14.8. The second-order valence-corrected chi connectivity index (χ2v) is 7.07. The summed E-state index contributed by atoms with van der Waals surface area (Å²) in [5.41, 5.74) is 5.64. The smallest absolute Gasteiger partial charge is 0.160 e. The van der Waals surface area contributed by atoms with Gasteiger partial charge in [0.25, 0.3) is 0 Å². The molecule has 0 radical (unpaired) electrons. The van der Waals surface area contributed by atoms with Gasteiger partial charge in [-0.25, -0.2) is 14.4 Å². The average molecular weight is 407 g/mol. The lowest BCUT2D eigenvalue weighted by atomic mass is 10.0. The first kappa shape index (κ1) is 17.4. The standard InChI is InChI=1S/C23H14FN7/c24-18-11-15(14-2-1-6-26-12-14)10-17-19(18)30-31-21(17)23-28-20-16(5-9-27-22(20)29-23)13-3-7-25-8-4-13/h1-12H,(H,30,31)(H,27,28,29). The summed E-state index contributed by atoms with van der Waals surface area (Å²) >= 11 is 0. The molecule has 0 fully saturated rings. The fraction of sp³-hybridized carbons (Fsp3) is 0. The number of fused-ring (bicyclic) bond motifs is 2. The van der Waals surface area contributed by atoms with E-state index in [0.717, 1.165) is 16.7 Å². The van der Waals surface area contributed by atoms with Crippen LogP contribution >= 0.6 is 0 Å². The van der Waals surface area contributed by atoms with Gasteiger partial charge in [-0.2, -0.15) is 5.10 Å². The van der Waals surface area contributed by atoms with E-state index in [1.54, 1.807) is 31.0 Å². The monoisotopic (exact) mass is 407 g/mol. The molecular weight excluding hydrogens is 393 g/mol. The molecule has 7 nitrogen and oxygen atoms in total. The Morgan fingerprint density at radius 1 is 0.839 bits per heavy atom. The van der Waals surface area contributed by atoms with Crippen LogP contribution in [-0.4, -0.2) is 35.1 Å². The maximum Gasteiger partial charge on any atom is 0.160 e. The molecule has 0 atom stereocenters. The first-order valence-corrected chi connectivity index (χ1v) is 9.61. The highest BCUT2D eigenvalue weighted by Gasteiger charge is 2.18. The van der Waals surface area contributed by atoms with Gasteiger partial charge in [-0.1, -0.05) is 6.07 Å². The first-order chi connectivity index (χ1) is 15.3. The van der Waals surface area contributed by atoms with Crippen LogP contribution in [0.15, 0.2) is 73.4 Å². The van der Waals surface area contributed by atoms with Crippen LogP contribution in [0.2, 0.25) is 0 Å². The molecular formula is C23H14FN7. The van der Waals surface area contributed by atoms with Crippen LogP contribution in [0.3, 0.4) is 0 Å². The van der Waals surface area contributed by atoms with Gasteiger partial charge in [-0.15, -0.1) is 0 Å². The van der Waals surface area contributed by atoms with Gasteiger partial charge in [0, 0.05) is 47.5 Å². The van der Waals surface area contributed by atoms with Crippen LogP contribution in [0.5, 0.6) is 0 Å². The van der Waals surface area contributed by atoms with Crippen molar-refractivity contribution in [2.75, 3.05) is 0 Å². The van der Waals surface area contributed by atoms with Gasteiger partial charge in [0.1, 0.15) is 22.5 Å². The van der Waals surface area contributed by atoms with E-state index < -0.39 is 0 Å². The molecule has 0 aliphatic heterocycles. The number of rotatable bonds is 3. The fourth-order valence-corrected chi connectivity index (χ4v) is 3.75. The number of nitrogens with one attached hydrogen (secondary N) is 2. The number of hydrogen-bond donors (Lipinski definition) is 2. The normalized spacial score (nSPS) is 11.4. The van der Waals surface area contributed by atoms with E-state index in [9.17, 15) is 4.39 Å². The molecule has 0 aliphatic rings. The molecule has 2 N–H and O–H groups in total. The number of nitrogens with zero attached hydrogens (tertiary/aromatic N) is 5. The zero-order chi connectivity index (χ0) is 20.8. The number of benzene rings is 1. The Hall–Kier alpha value is -4.46. The van der Waals surface area contributed by atoms with Crippen LogP contribution in [0.1, 0.15) is 0 Å². The lowest BCUT2D eigenvalue weighted by molar-refractivity contribution is 0.636. The number of halogens is 1. The Bertz CT molecular complexity index is 1540. The molecule has 0 saturated carbocycles. The van der Waals surface area contributed by atoms with Crippen molar-refractivity contribution in [1.82, 2.24) is 35.1 Å². The molecule has 0 bridgehead atoms. The van der Waals surface area contributed by atoms with Crippen molar-refractivity contribution in [2.45, 2.75) is 0 Å². The van der Waals surface area contributed by atoms with E-state index in [1.165, 1.54) is 6.07 Å². The summed E-state index contributed by atoms with van der Waals surface area (Å²) in [7, 11) is 0. The Balaban J connectivity index is 1.55. The molecule has 5 heterocycles. The Labute approximate surface area is 175 Å². The van der Waals surface area contributed by atoms with Crippen LogP contribution in [0, 0.1) is 5.82 Å². The summed E-state index contributed by atoms with van der Waals surface area (Å²) in [6, 6.07) is 12.8. The quantitative estimate of drug-likeness (QED) is 0.441. The Kier molecular flexibility index (Phi) is 3.82. The van der Waals surface area contributed by atoms with Crippen LogP contribution in [-0.2, 0) is 0 Å². The molecule has 0 saturated heterocycles. The van der Waals surface area contributed by atoms with Crippen molar-refractivity contribution in [3.05, 3.63) is 79.3 Å². The van der Waals surface area contributed by atoms with E-state index >= 15 is 0 Å². The number of aromatic nitrogens is 7. The highest BCUT2D eigenvalue weighted by atomic mass is 19.1. The third-order valence-corrected chi connectivity index (χ3v) is 5.22. The van der Waals surface area contributed by atoms with Crippen molar-refractivity contribution in [3.8, 4) is 33.8 Å². The molecule has 31 heavy (non-hydrogen) atoms. The van der Waals surface area contributed by atoms with Crippen molar-refractivity contribution in [1.29, 1.82) is 0 Å². The highest BCUT2D eigenvalue weighted by Crippen LogP contribution is 2.33. The lowest BCUT2D eigenvalue weighted by Gasteiger charge is -2.03. The van der Waals surface area contributed by atoms with Gasteiger partial charge in [-0.05, 0) is 47.5 Å². The SMILES string of the molecule is Fc1cc(-c2cccnc2)cc2c(-c3nc4c(-c5ccncc5)ccnc4[nH]3)n[nH]c12. The van der Waals surface area contributed by atoms with E-state index in [0.29, 0.717) is 39.1 Å². The summed E-state index contributed by atoms with van der Waals surface area (Å²) in [6.45, 7) is 0. The van der Waals surface area contributed by atoms with Gasteiger partial charge in [0.15, 0.2) is 11.5 Å². The van der Waals surface area contributed by atoms with Crippen LogP contribution in [0.25, 0.3) is 55.8 Å². The van der Waals surface area contributed by atoms with Gasteiger partial charge in [0.2, 0.25) is 0 Å². The zero-order valence-electron chi connectivity index (χ0n) is 16.0. The van der Waals surface area contributed by atoms with Crippen molar-refractivity contribution < 1.29 is 4.39 Å². The Morgan fingerprint density at radius 3 is 2.58 bits per heavy atom. The predicted octanol–water partition coefficient (Wildman–Crippen LogP) is 4.76. The lowest BCUT2D eigenvalue weighted by Crippen LogP contribution is -1.85. The molecule has 0 aliphatic carbocycles. The topological polar surface area (TPSA) is 96.0 Å². The second-order valence-electron chi connectivity index (χ2n) is 7.07. The second kappa shape index (κ2) is 6.81. The number of aromatic amines is 2. The summed E-state index contributed by atoms with van der Waals surface area (Å²) in [6.07, 6.45) is 8.58. The van der Waals surface area contributed by atoms with Gasteiger partial charge >= 0.3 is 0 Å². The van der Waals surface area contributed by atoms with Gasteiger partial charge in [0.05, 0.1) is 0 Å². The third-order valence-electron chi connectivity index (χ3n) is 5.22. The van der Waals surface area contributed by atoms with E-state index in [2.05, 4.69) is 30.1 Å². The van der Waals surface area contributed by atoms with E-state index in [1.807, 2.05) is 36.4 Å². The number of hydrogen-bond acceptors (Lipinski definition) is 5. The maximum absolute atomic E-state index is 14.8. The fourth-order valence-electron chi connectivity index (χ4n) is 3.75. The Morgan fingerprint density at radius 2 is 1.74 bits per heavy atom. The highest BCUT2D eigenvalue weighted by molar-refractivity contribution is 5.97. The summed E-state index contributed by atoms with van der Waals surface area (Å²) in [4.78, 5) is 20.6. The first-order valence-electron chi connectivity index (χ1n) is 9.61. The molecule has 5 aromatic heterocycles.